The van der Waals surface area contributed by atoms with Crippen molar-refractivity contribution in [2.24, 2.45) is 0 Å². The van der Waals surface area contributed by atoms with Crippen LogP contribution in [0, 0.1) is 20.8 Å². The topological polar surface area (TPSA) is 205 Å². The number of hydrogen-bond donors (Lipinski definition) is 9. The molecule has 4 heterocycles. The van der Waals surface area contributed by atoms with Crippen LogP contribution in [0.15, 0.2) is 146 Å². The lowest BCUT2D eigenvalue weighted by Gasteiger charge is -2.23. The molecule has 78 heavy (non-hydrogen) atoms. The molecule has 0 spiro atoms. The highest BCUT2D eigenvalue weighted by Gasteiger charge is 2.21. The summed E-state index contributed by atoms with van der Waals surface area (Å²) in [6.07, 6.45) is -0.936. The van der Waals surface area contributed by atoms with E-state index < -0.39 is 12.2 Å². The summed E-state index contributed by atoms with van der Waals surface area (Å²) >= 11 is 10.8. The normalized spacial score (nSPS) is 16.5. The molecule has 2 fully saturated rings. The van der Waals surface area contributed by atoms with Crippen LogP contribution in [0.3, 0.4) is 0 Å². The Hall–Kier alpha value is -2.95. The summed E-state index contributed by atoms with van der Waals surface area (Å²) in [5.74, 6) is 4.56. The SMILES string of the molecule is CC.CC.CC.CC.CC.Cc1ccccc1S.Cc1ccccc1SC[C@@H](O)CO.Cc1ccccc1SC[C@H](O)CO.OC[C@@H]1CO1.OC[C@@H]1CSc2ccccc2O1.OC[C@H]1CO1.OC[C@H]1CSc2ccccc2O1. The third kappa shape index (κ3) is 39.4. The van der Waals surface area contributed by atoms with Crippen molar-refractivity contribution in [3.8, 4) is 11.5 Å². The van der Waals surface area contributed by atoms with Crippen LogP contribution in [0.4, 0.5) is 0 Å². The van der Waals surface area contributed by atoms with E-state index in [4.69, 9.17) is 50.3 Å². The second-order valence-electron chi connectivity index (χ2n) is 15.2. The average molecular weight is 1180 g/mol. The van der Waals surface area contributed by atoms with Crippen LogP contribution in [0.2, 0.25) is 0 Å². The molecular formula is C61H98O12S5. The van der Waals surface area contributed by atoms with Gasteiger partial charge in [0.05, 0.1) is 65.1 Å². The molecule has 12 nitrogen and oxygen atoms in total. The number of aliphatic hydroxyl groups is 8. The van der Waals surface area contributed by atoms with Gasteiger partial charge in [-0.1, -0.05) is 148 Å². The second kappa shape index (κ2) is 54.6. The largest absolute Gasteiger partial charge is 0.486 e. The summed E-state index contributed by atoms with van der Waals surface area (Å²) in [4.78, 5) is 5.72. The van der Waals surface area contributed by atoms with Crippen molar-refractivity contribution in [2.45, 2.75) is 151 Å². The molecular weight excluding hydrogens is 1080 g/mol. The Morgan fingerprint density at radius 3 is 1.00 bits per heavy atom. The highest BCUT2D eigenvalue weighted by atomic mass is 32.2. The lowest BCUT2D eigenvalue weighted by atomic mass is 10.2. The summed E-state index contributed by atoms with van der Waals surface area (Å²) in [5, 5.41) is 69.4. The van der Waals surface area contributed by atoms with Gasteiger partial charge in [0.1, 0.15) is 35.9 Å². The monoisotopic (exact) mass is 1180 g/mol. The van der Waals surface area contributed by atoms with Crippen LogP contribution in [0.5, 0.6) is 11.5 Å². The Morgan fingerprint density at radius 2 is 0.744 bits per heavy atom. The van der Waals surface area contributed by atoms with Crippen molar-refractivity contribution in [1.29, 1.82) is 0 Å². The molecule has 0 amide bonds. The van der Waals surface area contributed by atoms with E-state index in [1.165, 1.54) is 26.5 Å². The first kappa shape index (κ1) is 79.3. The van der Waals surface area contributed by atoms with E-state index in [9.17, 15) is 0 Å². The molecule has 5 aromatic rings. The van der Waals surface area contributed by atoms with E-state index in [-0.39, 0.29) is 64.1 Å². The van der Waals surface area contributed by atoms with Crippen LogP contribution < -0.4 is 9.47 Å². The first-order valence-electron chi connectivity index (χ1n) is 27.1. The van der Waals surface area contributed by atoms with Gasteiger partial charge in [0.25, 0.3) is 0 Å². The van der Waals surface area contributed by atoms with Gasteiger partial charge in [0, 0.05) is 47.5 Å². The van der Waals surface area contributed by atoms with Crippen molar-refractivity contribution in [2.75, 3.05) is 75.9 Å². The molecule has 0 aliphatic carbocycles. The minimum Gasteiger partial charge on any atom is -0.486 e. The lowest BCUT2D eigenvalue weighted by molar-refractivity contribution is 0.113. The number of hydrogen-bond acceptors (Lipinski definition) is 17. The summed E-state index contributed by atoms with van der Waals surface area (Å²) in [6.45, 7) is 27.9. The zero-order valence-corrected chi connectivity index (χ0v) is 52.9. The molecule has 0 unspecified atom stereocenters. The van der Waals surface area contributed by atoms with Gasteiger partial charge in [-0.05, 0) is 79.9 Å². The molecule has 17 heteroatoms. The fourth-order valence-corrected chi connectivity index (χ4v) is 9.13. The number of thiol groups is 1. The Morgan fingerprint density at radius 1 is 0.449 bits per heavy atom. The van der Waals surface area contributed by atoms with E-state index in [1.807, 2.05) is 211 Å². The number of ether oxygens (including phenoxy) is 4. The van der Waals surface area contributed by atoms with Crippen molar-refractivity contribution in [3.05, 3.63) is 138 Å². The van der Waals surface area contributed by atoms with Gasteiger partial charge in [0.15, 0.2) is 0 Å². The minimum atomic E-state index is -0.621. The smallest absolute Gasteiger partial charge is 0.133 e. The van der Waals surface area contributed by atoms with Crippen molar-refractivity contribution >= 4 is 59.7 Å². The molecule has 6 atom stereocenters. The van der Waals surface area contributed by atoms with Crippen LogP contribution in [0.1, 0.15) is 85.9 Å². The number of fused-ring (bicyclic) bond motifs is 2. The van der Waals surface area contributed by atoms with E-state index >= 15 is 0 Å². The fourth-order valence-electron chi connectivity index (χ4n) is 5.13. The quantitative estimate of drug-likeness (QED) is 0.0324. The molecule has 0 aromatic heterocycles. The molecule has 0 saturated carbocycles. The summed E-state index contributed by atoms with van der Waals surface area (Å²) < 4.78 is 20.2. The number of para-hydroxylation sites is 2. The van der Waals surface area contributed by atoms with E-state index in [2.05, 4.69) is 22.1 Å². The van der Waals surface area contributed by atoms with E-state index in [1.54, 1.807) is 47.0 Å². The third-order valence-electron chi connectivity index (χ3n) is 9.34. The second-order valence-corrected chi connectivity index (χ2v) is 20.0. The molecule has 9 rings (SSSR count). The molecule has 0 bridgehead atoms. The zero-order chi connectivity index (χ0) is 59.5. The highest BCUT2D eigenvalue weighted by molar-refractivity contribution is 8.00. The Bertz CT molecular complexity index is 1950. The van der Waals surface area contributed by atoms with Gasteiger partial charge in [0.2, 0.25) is 0 Å². The van der Waals surface area contributed by atoms with Crippen molar-refractivity contribution in [1.82, 2.24) is 0 Å². The molecule has 4 aliphatic heterocycles. The summed E-state index contributed by atoms with van der Waals surface area (Å²) in [7, 11) is 0. The van der Waals surface area contributed by atoms with Crippen molar-refractivity contribution in [3.63, 3.8) is 0 Å². The first-order chi connectivity index (χ1) is 37.9. The summed E-state index contributed by atoms with van der Waals surface area (Å²) in [5.41, 5.74) is 3.64. The number of benzene rings is 5. The Balaban J connectivity index is -0.000000833. The van der Waals surface area contributed by atoms with Gasteiger partial charge >= 0.3 is 0 Å². The van der Waals surface area contributed by atoms with E-state index in [0.29, 0.717) is 11.5 Å². The molecule has 0 radical (unpaired) electrons. The van der Waals surface area contributed by atoms with Gasteiger partial charge in [-0.25, -0.2) is 0 Å². The van der Waals surface area contributed by atoms with E-state index in [0.717, 1.165) is 50.9 Å². The van der Waals surface area contributed by atoms with Crippen LogP contribution in [-0.2, 0) is 9.47 Å². The molecule has 2 saturated heterocycles. The number of aryl methyl sites for hydroxylation is 3. The number of epoxide rings is 2. The Labute approximate surface area is 492 Å². The van der Waals surface area contributed by atoms with Crippen LogP contribution in [0.25, 0.3) is 0 Å². The number of thioether (sulfide) groups is 4. The lowest BCUT2D eigenvalue weighted by Crippen LogP contribution is -2.26. The van der Waals surface area contributed by atoms with Crippen LogP contribution >= 0.6 is 59.7 Å². The fraction of sp³-hybridized carbons (Fsp3) is 0.508. The van der Waals surface area contributed by atoms with Crippen LogP contribution in [-0.4, -0.2) is 153 Å². The minimum absolute atomic E-state index is 0.0371. The zero-order valence-electron chi connectivity index (χ0n) is 48.8. The van der Waals surface area contributed by atoms with Crippen molar-refractivity contribution < 1.29 is 59.8 Å². The maximum absolute atomic E-state index is 9.14. The highest BCUT2D eigenvalue weighted by Crippen LogP contribution is 2.35. The predicted molar refractivity (Wildman–Crippen MR) is 336 cm³/mol. The van der Waals surface area contributed by atoms with Gasteiger partial charge in [-0.15, -0.1) is 59.7 Å². The molecule has 4 aliphatic rings. The van der Waals surface area contributed by atoms with Gasteiger partial charge < -0.3 is 59.8 Å². The maximum atomic E-state index is 9.14. The predicted octanol–water partition coefficient (Wildman–Crippen LogP) is 12.1. The summed E-state index contributed by atoms with van der Waals surface area (Å²) in [6, 6.07) is 39.9. The average Bonchev–Trinajstić information content (AvgIpc) is 4.47. The molecule has 444 valence electrons. The maximum Gasteiger partial charge on any atom is 0.133 e. The first-order valence-corrected chi connectivity index (χ1v) is 31.5. The number of aliphatic hydroxyl groups excluding tert-OH is 8. The Kier molecular flexibility index (Phi) is 55.5. The molecule has 8 N–H and O–H groups in total. The molecule has 5 aromatic carbocycles. The third-order valence-corrected chi connectivity index (χ3v) is 14.9. The van der Waals surface area contributed by atoms with Gasteiger partial charge in [-0.2, -0.15) is 0 Å². The van der Waals surface area contributed by atoms with Gasteiger partial charge in [-0.3, -0.25) is 0 Å². The standard InChI is InChI=1S/2C10H14O2S.2C9H10O2S.C7H8S.2C3H6O2.5C2H6/c2*1-8-4-2-3-5-10(8)13-7-9(12)6-11;2*10-5-7-6-12-9-4-2-1-3-8(9)11-7;1-6-4-2-3-5-7(6)8;2*4-1-3-2-5-3;5*1-2/h2*2-5,9,11-12H,6-7H2,1H3;2*1-4,7,10H,5-6H2;2-5,8H,1H3;2*3-4H,1-2H2;5*1-2H3/t2*9-;2*7-;;2*3-;;;;;/m1010.10...../s1. The number of rotatable bonds is 12.